The molecule has 1 fully saturated rings. The van der Waals surface area contributed by atoms with E-state index in [0.29, 0.717) is 5.69 Å². The van der Waals surface area contributed by atoms with Crippen LogP contribution in [-0.2, 0) is 30.4 Å². The fourth-order valence-corrected chi connectivity index (χ4v) is 6.42. The first-order chi connectivity index (χ1) is 23.2. The molecule has 2 aromatic rings. The van der Waals surface area contributed by atoms with E-state index in [1.165, 1.54) is 84.0 Å². The highest BCUT2D eigenvalue weighted by Gasteiger charge is 2.39. The van der Waals surface area contributed by atoms with Gasteiger partial charge in [-0.15, -0.1) is 0 Å². The van der Waals surface area contributed by atoms with Gasteiger partial charge in [-0.25, -0.2) is 0 Å². The Balaban J connectivity index is 1.80. The zero-order valence-corrected chi connectivity index (χ0v) is 30.3. The van der Waals surface area contributed by atoms with Crippen LogP contribution in [0.3, 0.4) is 0 Å². The van der Waals surface area contributed by atoms with Gasteiger partial charge in [0.15, 0.2) is 12.4 Å². The summed E-state index contributed by atoms with van der Waals surface area (Å²) in [5, 5.41) is 12.5. The molecule has 0 unspecified atom stereocenters. The van der Waals surface area contributed by atoms with Crippen molar-refractivity contribution in [1.82, 2.24) is 4.90 Å². The van der Waals surface area contributed by atoms with Crippen LogP contribution in [-0.4, -0.2) is 53.7 Å². The van der Waals surface area contributed by atoms with E-state index in [9.17, 15) is 14.7 Å². The van der Waals surface area contributed by atoms with Crippen LogP contribution in [0.1, 0.15) is 141 Å². The molecule has 0 radical (unpaired) electrons. The number of nitrogens with zero attached hydrogens (tertiary/aromatic N) is 1. The molecule has 1 aliphatic heterocycles. The summed E-state index contributed by atoms with van der Waals surface area (Å²) in [5.41, 5.74) is 3.30. The Bertz CT molecular complexity index is 1190. The summed E-state index contributed by atoms with van der Waals surface area (Å²) in [6.45, 7) is 12.5. The maximum absolute atomic E-state index is 12.7. The van der Waals surface area contributed by atoms with Crippen molar-refractivity contribution in [3.63, 3.8) is 0 Å². The largest absolute Gasteiger partial charge is 0.453 e. The van der Waals surface area contributed by atoms with Crippen LogP contribution in [0, 0.1) is 5.92 Å². The van der Waals surface area contributed by atoms with Crippen molar-refractivity contribution < 1.29 is 28.9 Å². The van der Waals surface area contributed by atoms with E-state index in [1.807, 2.05) is 42.5 Å². The molecule has 8 heteroatoms. The standard InChI is InChI=1S/C40H62N2O6/c1-6-8-10-12-14-16-25-42(26-17-15-13-11-9-7-2)28-37-30(3)38(34-23-21-33(29-43)22-24-34)48-40(47-37)35-19-18-20-36(27-35)41-39(45)31(4)46-32(5)44/h18-24,27,30-31,37-38,40,43H,6-17,25-26,28-29H2,1-5H3,(H,41,45)/t30-,31+,37+,38+,40+/m1/s1. The maximum Gasteiger partial charge on any atom is 0.303 e. The summed E-state index contributed by atoms with van der Waals surface area (Å²) in [4.78, 5) is 26.7. The van der Waals surface area contributed by atoms with E-state index >= 15 is 0 Å². The second-order valence-corrected chi connectivity index (χ2v) is 13.5. The summed E-state index contributed by atoms with van der Waals surface area (Å²) in [6.07, 6.45) is 13.4. The SMILES string of the molecule is CCCCCCCCN(CCCCCCCC)C[C@@H]1O[C@H](c2cccc(NC(=O)[C@H](C)OC(C)=O)c2)O[C@H](c2ccc(CO)cc2)[C@@H]1C. The van der Waals surface area contributed by atoms with Crippen molar-refractivity contribution in [2.24, 2.45) is 5.92 Å². The molecule has 0 aromatic heterocycles. The molecule has 1 heterocycles. The molecule has 2 N–H and O–H groups in total. The monoisotopic (exact) mass is 666 g/mol. The third kappa shape index (κ3) is 13.6. The molecule has 1 saturated heterocycles. The molecule has 268 valence electrons. The first kappa shape index (κ1) is 39.7. The minimum absolute atomic E-state index is 0.00382. The molecule has 8 nitrogen and oxygen atoms in total. The lowest BCUT2D eigenvalue weighted by Gasteiger charge is -2.43. The summed E-state index contributed by atoms with van der Waals surface area (Å²) in [7, 11) is 0. The zero-order valence-electron chi connectivity index (χ0n) is 30.3. The predicted molar refractivity (Wildman–Crippen MR) is 192 cm³/mol. The number of nitrogens with one attached hydrogen (secondary N) is 1. The Morgan fingerprint density at radius 2 is 1.46 bits per heavy atom. The molecule has 0 spiro atoms. The molecule has 0 bridgehead atoms. The lowest BCUT2D eigenvalue weighted by molar-refractivity contribution is -0.276. The van der Waals surface area contributed by atoms with Gasteiger partial charge in [0, 0.05) is 30.6 Å². The molecule has 1 amide bonds. The summed E-state index contributed by atoms with van der Waals surface area (Å²) in [6, 6.07) is 15.5. The topological polar surface area (TPSA) is 97.3 Å². The number of carbonyl (C=O) groups is 2. The van der Waals surface area contributed by atoms with Crippen molar-refractivity contribution in [3.05, 3.63) is 65.2 Å². The number of amides is 1. The van der Waals surface area contributed by atoms with Crippen molar-refractivity contribution in [3.8, 4) is 0 Å². The summed E-state index contributed by atoms with van der Waals surface area (Å²) >= 11 is 0. The Hall–Kier alpha value is -2.78. The quantitative estimate of drug-likeness (QED) is 0.0957. The molecular weight excluding hydrogens is 604 g/mol. The predicted octanol–water partition coefficient (Wildman–Crippen LogP) is 8.88. The van der Waals surface area contributed by atoms with Gasteiger partial charge in [-0.05, 0) is 56.1 Å². The van der Waals surface area contributed by atoms with Gasteiger partial charge in [0.1, 0.15) is 0 Å². The third-order valence-electron chi connectivity index (χ3n) is 9.36. The average molecular weight is 667 g/mol. The molecule has 48 heavy (non-hydrogen) atoms. The van der Waals surface area contributed by atoms with Gasteiger partial charge in [-0.1, -0.05) is 121 Å². The second kappa shape index (κ2) is 22.0. The maximum atomic E-state index is 12.7. The molecular formula is C40H62N2O6. The molecule has 2 aromatic carbocycles. The Labute approximate surface area is 289 Å². The molecule has 3 rings (SSSR count). The summed E-state index contributed by atoms with van der Waals surface area (Å²) in [5.74, 6) is -0.817. The Morgan fingerprint density at radius 3 is 2.04 bits per heavy atom. The van der Waals surface area contributed by atoms with E-state index in [4.69, 9.17) is 14.2 Å². The van der Waals surface area contributed by atoms with E-state index in [0.717, 1.165) is 36.3 Å². The van der Waals surface area contributed by atoms with Crippen LogP contribution in [0.2, 0.25) is 0 Å². The fraction of sp³-hybridized carbons (Fsp3) is 0.650. The number of hydrogen-bond acceptors (Lipinski definition) is 7. The summed E-state index contributed by atoms with van der Waals surface area (Å²) < 4.78 is 18.6. The van der Waals surface area contributed by atoms with E-state index < -0.39 is 24.3 Å². The molecule has 5 atom stereocenters. The van der Waals surface area contributed by atoms with Gasteiger partial charge in [-0.3, -0.25) is 9.59 Å². The van der Waals surface area contributed by atoms with Crippen LogP contribution < -0.4 is 5.32 Å². The van der Waals surface area contributed by atoms with Crippen LogP contribution >= 0.6 is 0 Å². The average Bonchev–Trinajstić information content (AvgIpc) is 3.08. The van der Waals surface area contributed by atoms with E-state index in [2.05, 4.69) is 31.0 Å². The van der Waals surface area contributed by atoms with Crippen LogP contribution in [0.4, 0.5) is 5.69 Å². The second-order valence-electron chi connectivity index (χ2n) is 13.5. The highest BCUT2D eigenvalue weighted by molar-refractivity contribution is 5.95. The van der Waals surface area contributed by atoms with Gasteiger partial charge < -0.3 is 29.5 Å². The number of hydrogen-bond donors (Lipinski definition) is 2. The van der Waals surface area contributed by atoms with Gasteiger partial charge in [0.05, 0.1) is 18.8 Å². The number of rotatable bonds is 22. The lowest BCUT2D eigenvalue weighted by Crippen LogP contribution is -2.45. The van der Waals surface area contributed by atoms with Crippen molar-refractivity contribution >= 4 is 17.6 Å². The Kier molecular flexibility index (Phi) is 18.2. The zero-order chi connectivity index (χ0) is 34.7. The normalized spacial score (nSPS) is 20.1. The first-order valence-corrected chi connectivity index (χ1v) is 18.6. The van der Waals surface area contributed by atoms with Crippen molar-refractivity contribution in [2.45, 2.75) is 143 Å². The number of ether oxygens (including phenoxy) is 3. The van der Waals surface area contributed by atoms with Gasteiger partial charge in [-0.2, -0.15) is 0 Å². The molecule has 0 saturated carbocycles. The number of aliphatic hydroxyl groups excluding tert-OH is 1. The minimum Gasteiger partial charge on any atom is -0.453 e. The smallest absolute Gasteiger partial charge is 0.303 e. The number of benzene rings is 2. The van der Waals surface area contributed by atoms with Crippen LogP contribution in [0.5, 0.6) is 0 Å². The number of esters is 1. The number of anilines is 1. The lowest BCUT2D eigenvalue weighted by atomic mass is 9.90. The number of carbonyl (C=O) groups excluding carboxylic acids is 2. The van der Waals surface area contributed by atoms with E-state index in [1.54, 1.807) is 13.0 Å². The van der Waals surface area contributed by atoms with Crippen molar-refractivity contribution in [1.29, 1.82) is 0 Å². The van der Waals surface area contributed by atoms with E-state index in [-0.39, 0.29) is 24.7 Å². The number of unbranched alkanes of at least 4 members (excludes halogenated alkanes) is 10. The fourth-order valence-electron chi connectivity index (χ4n) is 6.42. The highest BCUT2D eigenvalue weighted by atomic mass is 16.7. The third-order valence-corrected chi connectivity index (χ3v) is 9.36. The first-order valence-electron chi connectivity index (χ1n) is 18.6. The Morgan fingerprint density at radius 1 is 0.854 bits per heavy atom. The highest BCUT2D eigenvalue weighted by Crippen LogP contribution is 2.42. The van der Waals surface area contributed by atoms with Crippen LogP contribution in [0.15, 0.2) is 48.5 Å². The van der Waals surface area contributed by atoms with Crippen LogP contribution in [0.25, 0.3) is 0 Å². The molecule has 0 aliphatic carbocycles. The van der Waals surface area contributed by atoms with Crippen molar-refractivity contribution in [2.75, 3.05) is 25.0 Å². The minimum atomic E-state index is -0.908. The molecule has 1 aliphatic rings. The van der Waals surface area contributed by atoms with Gasteiger partial charge in [0.2, 0.25) is 0 Å². The number of aliphatic hydroxyl groups is 1. The van der Waals surface area contributed by atoms with Gasteiger partial charge >= 0.3 is 5.97 Å². The van der Waals surface area contributed by atoms with Gasteiger partial charge in [0.25, 0.3) is 5.91 Å².